The van der Waals surface area contributed by atoms with Crippen molar-refractivity contribution in [3.8, 4) is 0 Å². The van der Waals surface area contributed by atoms with Crippen LogP contribution in [0.3, 0.4) is 0 Å². The number of fused-ring (bicyclic) bond motifs is 1. The van der Waals surface area contributed by atoms with E-state index in [4.69, 9.17) is 0 Å². The highest BCUT2D eigenvalue weighted by atomic mass is 16.2. The first-order valence-corrected chi connectivity index (χ1v) is 6.19. The molecule has 0 aliphatic heterocycles. The fourth-order valence-electron chi connectivity index (χ4n) is 1.80. The van der Waals surface area contributed by atoms with Crippen molar-refractivity contribution in [1.29, 1.82) is 0 Å². The molecule has 0 N–H and O–H groups in total. The number of carbonyl (C=O) groups excluding carboxylic acids is 1. The van der Waals surface area contributed by atoms with Gasteiger partial charge in [0, 0.05) is 31.5 Å². The Kier molecular flexibility index (Phi) is 3.87. The fraction of sp³-hybridized carbons (Fsp3) is 0.357. The van der Waals surface area contributed by atoms with Gasteiger partial charge in [-0.25, -0.2) is 0 Å². The van der Waals surface area contributed by atoms with Gasteiger partial charge >= 0.3 is 0 Å². The Morgan fingerprint density at radius 3 is 2.67 bits per heavy atom. The average Bonchev–Trinajstić information content (AvgIpc) is 2.43. The molecular weight excluding hydrogens is 226 g/mol. The zero-order chi connectivity index (χ0) is 13.0. The minimum atomic E-state index is 0.139. The second-order valence-corrected chi connectivity index (χ2v) is 4.29. The summed E-state index contributed by atoms with van der Waals surface area (Å²) in [5.41, 5.74) is 2.52. The van der Waals surface area contributed by atoms with E-state index in [0.29, 0.717) is 6.42 Å². The molecule has 18 heavy (non-hydrogen) atoms. The predicted molar refractivity (Wildman–Crippen MR) is 72.5 cm³/mol. The van der Waals surface area contributed by atoms with Crippen LogP contribution in [0.25, 0.3) is 11.0 Å². The lowest BCUT2D eigenvalue weighted by atomic mass is 10.2. The second kappa shape index (κ2) is 5.58. The van der Waals surface area contributed by atoms with Crippen molar-refractivity contribution in [2.24, 2.45) is 0 Å². The molecule has 0 fully saturated rings. The van der Waals surface area contributed by atoms with E-state index in [1.807, 2.05) is 18.2 Å². The number of rotatable bonds is 4. The molecule has 0 aliphatic rings. The maximum Gasteiger partial charge on any atom is 0.226 e. The average molecular weight is 243 g/mol. The summed E-state index contributed by atoms with van der Waals surface area (Å²) in [6.07, 6.45) is 5.87. The zero-order valence-electron chi connectivity index (χ0n) is 10.8. The molecule has 0 spiro atoms. The van der Waals surface area contributed by atoms with Crippen molar-refractivity contribution in [2.45, 2.75) is 26.2 Å². The lowest BCUT2D eigenvalue weighted by Crippen LogP contribution is -2.25. The van der Waals surface area contributed by atoms with Gasteiger partial charge in [0.05, 0.1) is 11.0 Å². The van der Waals surface area contributed by atoms with E-state index in [1.165, 1.54) is 0 Å². The van der Waals surface area contributed by atoms with Gasteiger partial charge in [-0.3, -0.25) is 14.8 Å². The normalized spacial score (nSPS) is 10.6. The second-order valence-electron chi connectivity index (χ2n) is 4.29. The zero-order valence-corrected chi connectivity index (χ0v) is 10.8. The Morgan fingerprint density at radius 2 is 1.94 bits per heavy atom. The first kappa shape index (κ1) is 12.5. The molecule has 1 heterocycles. The van der Waals surface area contributed by atoms with E-state index in [-0.39, 0.29) is 5.91 Å². The topological polar surface area (TPSA) is 46.1 Å². The Morgan fingerprint density at radius 1 is 1.22 bits per heavy atom. The van der Waals surface area contributed by atoms with Gasteiger partial charge in [0.25, 0.3) is 0 Å². The summed E-state index contributed by atoms with van der Waals surface area (Å²) in [7, 11) is 1.80. The number of anilines is 1. The molecule has 0 saturated carbocycles. The lowest BCUT2D eigenvalue weighted by Gasteiger charge is -2.17. The number of carbonyl (C=O) groups is 1. The first-order valence-electron chi connectivity index (χ1n) is 6.19. The van der Waals surface area contributed by atoms with E-state index in [2.05, 4.69) is 16.9 Å². The van der Waals surface area contributed by atoms with Gasteiger partial charge in [-0.05, 0) is 24.6 Å². The van der Waals surface area contributed by atoms with Crippen molar-refractivity contribution in [1.82, 2.24) is 9.97 Å². The highest BCUT2D eigenvalue weighted by molar-refractivity contribution is 5.94. The van der Waals surface area contributed by atoms with Gasteiger partial charge in [-0.2, -0.15) is 0 Å². The Hall–Kier alpha value is -1.97. The maximum atomic E-state index is 11.9. The molecule has 0 radical (unpaired) electrons. The molecule has 0 atom stereocenters. The van der Waals surface area contributed by atoms with Gasteiger partial charge in [-0.15, -0.1) is 0 Å². The van der Waals surface area contributed by atoms with Gasteiger partial charge in [-0.1, -0.05) is 13.3 Å². The van der Waals surface area contributed by atoms with Crippen LogP contribution in [0.15, 0.2) is 30.6 Å². The Labute approximate surface area is 107 Å². The van der Waals surface area contributed by atoms with E-state index in [1.54, 1.807) is 24.3 Å². The fourth-order valence-corrected chi connectivity index (χ4v) is 1.80. The van der Waals surface area contributed by atoms with Crippen molar-refractivity contribution in [3.63, 3.8) is 0 Å². The van der Waals surface area contributed by atoms with E-state index in [0.717, 1.165) is 29.6 Å². The van der Waals surface area contributed by atoms with Crippen LogP contribution in [-0.2, 0) is 4.79 Å². The molecule has 4 heteroatoms. The summed E-state index contributed by atoms with van der Waals surface area (Å²) in [4.78, 5) is 22.1. The largest absolute Gasteiger partial charge is 0.315 e. The van der Waals surface area contributed by atoms with Crippen LogP contribution in [0.5, 0.6) is 0 Å². The van der Waals surface area contributed by atoms with E-state index in [9.17, 15) is 4.79 Å². The summed E-state index contributed by atoms with van der Waals surface area (Å²) < 4.78 is 0. The summed E-state index contributed by atoms with van der Waals surface area (Å²) in [6.45, 7) is 2.08. The number of nitrogens with zero attached hydrogens (tertiary/aromatic N) is 3. The monoisotopic (exact) mass is 243 g/mol. The third-order valence-corrected chi connectivity index (χ3v) is 2.96. The maximum absolute atomic E-state index is 11.9. The summed E-state index contributed by atoms with van der Waals surface area (Å²) in [5.74, 6) is 0.139. The minimum absolute atomic E-state index is 0.139. The quantitative estimate of drug-likeness (QED) is 0.829. The van der Waals surface area contributed by atoms with Gasteiger partial charge in [0.1, 0.15) is 0 Å². The molecule has 0 bridgehead atoms. The van der Waals surface area contributed by atoms with Crippen LogP contribution in [0.1, 0.15) is 26.2 Å². The van der Waals surface area contributed by atoms with Crippen molar-refractivity contribution >= 4 is 22.6 Å². The SMILES string of the molecule is CCCCC(=O)N(C)c1ccc2nccnc2c1. The Balaban J connectivity index is 2.22. The van der Waals surface area contributed by atoms with Gasteiger partial charge in [0.2, 0.25) is 5.91 Å². The van der Waals surface area contributed by atoms with Crippen LogP contribution in [0.4, 0.5) is 5.69 Å². The van der Waals surface area contributed by atoms with Gasteiger partial charge in [0.15, 0.2) is 0 Å². The highest BCUT2D eigenvalue weighted by Crippen LogP contribution is 2.19. The third kappa shape index (κ3) is 2.64. The predicted octanol–water partition coefficient (Wildman–Crippen LogP) is 2.78. The molecule has 94 valence electrons. The molecule has 2 rings (SSSR count). The molecule has 1 aromatic heterocycles. The number of unbranched alkanes of at least 4 members (excludes halogenated alkanes) is 1. The van der Waals surface area contributed by atoms with Crippen LogP contribution in [0.2, 0.25) is 0 Å². The molecule has 4 nitrogen and oxygen atoms in total. The molecule has 0 aliphatic carbocycles. The standard InChI is InChI=1S/C14H17N3O/c1-3-4-5-14(18)17(2)11-6-7-12-13(10-11)16-9-8-15-12/h6-10H,3-5H2,1-2H3. The van der Waals surface area contributed by atoms with Crippen LogP contribution >= 0.6 is 0 Å². The van der Waals surface area contributed by atoms with E-state index < -0.39 is 0 Å². The summed E-state index contributed by atoms with van der Waals surface area (Å²) in [6, 6.07) is 5.69. The van der Waals surface area contributed by atoms with Crippen molar-refractivity contribution in [2.75, 3.05) is 11.9 Å². The number of aromatic nitrogens is 2. The third-order valence-electron chi connectivity index (χ3n) is 2.96. The van der Waals surface area contributed by atoms with E-state index >= 15 is 0 Å². The molecule has 2 aromatic rings. The highest BCUT2D eigenvalue weighted by Gasteiger charge is 2.10. The number of hydrogen-bond acceptors (Lipinski definition) is 3. The molecule has 0 saturated heterocycles. The molecule has 1 aromatic carbocycles. The van der Waals surface area contributed by atoms with Crippen LogP contribution in [0, 0.1) is 0 Å². The van der Waals surface area contributed by atoms with Crippen molar-refractivity contribution < 1.29 is 4.79 Å². The molecule has 0 unspecified atom stereocenters. The minimum Gasteiger partial charge on any atom is -0.315 e. The lowest BCUT2D eigenvalue weighted by molar-refractivity contribution is -0.118. The summed E-state index contributed by atoms with van der Waals surface area (Å²) in [5, 5.41) is 0. The number of amides is 1. The van der Waals surface area contributed by atoms with Crippen LogP contribution < -0.4 is 4.90 Å². The molecule has 1 amide bonds. The number of hydrogen-bond donors (Lipinski definition) is 0. The smallest absolute Gasteiger partial charge is 0.226 e. The first-order chi connectivity index (χ1) is 8.72. The summed E-state index contributed by atoms with van der Waals surface area (Å²) >= 11 is 0. The van der Waals surface area contributed by atoms with Crippen LogP contribution in [-0.4, -0.2) is 22.9 Å². The molecular formula is C14H17N3O. The van der Waals surface area contributed by atoms with Gasteiger partial charge < -0.3 is 4.90 Å². The Bertz CT molecular complexity index is 553. The number of benzene rings is 1. The van der Waals surface area contributed by atoms with Crippen molar-refractivity contribution in [3.05, 3.63) is 30.6 Å².